The van der Waals surface area contributed by atoms with Crippen molar-refractivity contribution in [2.24, 2.45) is 5.92 Å². The summed E-state index contributed by atoms with van der Waals surface area (Å²) in [6, 6.07) is 5.62. The second-order valence-corrected chi connectivity index (χ2v) is 8.11. The van der Waals surface area contributed by atoms with E-state index < -0.39 is 0 Å². The number of piperidine rings is 1. The van der Waals surface area contributed by atoms with Gasteiger partial charge in [-0.05, 0) is 44.1 Å². The van der Waals surface area contributed by atoms with Gasteiger partial charge in [-0.15, -0.1) is 0 Å². The molecule has 1 spiro atoms. The van der Waals surface area contributed by atoms with Crippen molar-refractivity contribution in [3.63, 3.8) is 0 Å². The highest BCUT2D eigenvalue weighted by atomic mass is 16.6. The lowest BCUT2D eigenvalue weighted by atomic mass is 9.79. The molecule has 2 unspecified atom stereocenters. The number of likely N-dealkylation sites (tertiary alicyclic amines) is 1. The average molecular weight is 340 g/mol. The molecule has 132 valence electrons. The summed E-state index contributed by atoms with van der Waals surface area (Å²) in [7, 11) is 0. The van der Waals surface area contributed by atoms with Crippen LogP contribution in [0.2, 0.25) is 0 Å². The molecule has 5 rings (SSSR count). The van der Waals surface area contributed by atoms with Crippen molar-refractivity contribution < 1.29 is 9.53 Å². The monoisotopic (exact) mass is 340 g/mol. The van der Waals surface area contributed by atoms with Gasteiger partial charge >= 0.3 is 5.97 Å². The smallest absolute Gasteiger partial charge is 0.333 e. The average Bonchev–Trinajstić information content (AvgIpc) is 2.92. The van der Waals surface area contributed by atoms with Crippen LogP contribution >= 0.6 is 0 Å². The Hall–Kier alpha value is -2.04. The number of carbonyl (C=O) groups is 1. The third-order valence-corrected chi connectivity index (χ3v) is 6.50. The Bertz CT molecular complexity index is 803. The molecular formula is C20H24N2O3. The molecule has 5 nitrogen and oxygen atoms in total. The van der Waals surface area contributed by atoms with Crippen LogP contribution in [0.15, 0.2) is 34.8 Å². The molecule has 1 aromatic rings. The van der Waals surface area contributed by atoms with Crippen LogP contribution in [0.5, 0.6) is 0 Å². The Morgan fingerprint density at radius 1 is 1.04 bits per heavy atom. The fraction of sp³-hybridized carbons (Fsp3) is 0.600. The maximum atomic E-state index is 12.2. The van der Waals surface area contributed by atoms with Crippen LogP contribution in [0.1, 0.15) is 50.1 Å². The number of carbonyl (C=O) groups excluding carboxylic acids is 1. The van der Waals surface area contributed by atoms with Gasteiger partial charge in [0, 0.05) is 43.4 Å². The van der Waals surface area contributed by atoms with Crippen molar-refractivity contribution in [3.8, 4) is 0 Å². The third-order valence-electron chi connectivity index (χ3n) is 6.50. The highest BCUT2D eigenvalue weighted by molar-refractivity contribution is 5.86. The van der Waals surface area contributed by atoms with Gasteiger partial charge in [0.2, 0.25) is 0 Å². The number of hydrogen-bond acceptors (Lipinski definition) is 4. The number of pyridine rings is 1. The molecule has 4 aliphatic rings. The van der Waals surface area contributed by atoms with Crippen LogP contribution in [0.3, 0.4) is 0 Å². The minimum absolute atomic E-state index is 0.114. The van der Waals surface area contributed by atoms with Gasteiger partial charge in [-0.3, -0.25) is 4.79 Å². The summed E-state index contributed by atoms with van der Waals surface area (Å²) in [5.41, 5.74) is 2.00. The van der Waals surface area contributed by atoms with Crippen molar-refractivity contribution in [2.45, 2.75) is 56.6 Å². The standard InChI is InChI=1S/C20H24N2O3/c23-18-6-4-5-16-15-9-14(12-22(16)18)11-21(13-15)17-10-19(24)25-20(17)7-2-1-3-8-20/h4-6,10,14-15H,1-3,7-9,11-13H2. The number of aromatic nitrogens is 1. The maximum Gasteiger partial charge on any atom is 0.333 e. The predicted molar refractivity (Wildman–Crippen MR) is 93.1 cm³/mol. The van der Waals surface area contributed by atoms with E-state index in [4.69, 9.17) is 4.74 Å². The normalized spacial score (nSPS) is 30.0. The van der Waals surface area contributed by atoms with Crippen LogP contribution in [0.4, 0.5) is 0 Å². The van der Waals surface area contributed by atoms with Gasteiger partial charge in [0.15, 0.2) is 5.60 Å². The van der Waals surface area contributed by atoms with Gasteiger partial charge in [-0.2, -0.15) is 0 Å². The molecule has 1 saturated carbocycles. The fourth-order valence-electron chi connectivity index (χ4n) is 5.47. The molecule has 2 bridgehead atoms. The third kappa shape index (κ3) is 2.35. The Balaban J connectivity index is 1.48. The quantitative estimate of drug-likeness (QED) is 0.737. The topological polar surface area (TPSA) is 51.5 Å². The van der Waals surface area contributed by atoms with Crippen LogP contribution < -0.4 is 5.56 Å². The first-order chi connectivity index (χ1) is 12.1. The van der Waals surface area contributed by atoms with Crippen molar-refractivity contribution in [1.29, 1.82) is 0 Å². The molecule has 4 heterocycles. The predicted octanol–water partition coefficient (Wildman–Crippen LogP) is 2.41. The van der Waals surface area contributed by atoms with Gasteiger partial charge in [-0.25, -0.2) is 4.79 Å². The molecule has 0 aromatic carbocycles. The molecule has 0 N–H and O–H groups in total. The van der Waals surface area contributed by atoms with Crippen molar-refractivity contribution >= 4 is 5.97 Å². The van der Waals surface area contributed by atoms with Gasteiger partial charge in [0.05, 0.1) is 5.70 Å². The largest absolute Gasteiger partial charge is 0.449 e. The molecule has 0 amide bonds. The SMILES string of the molecule is O=C1C=C(N2CC3CC(C2)c2cccc(=O)n2C3)C2(CCCCC2)O1. The minimum atomic E-state index is -0.378. The Morgan fingerprint density at radius 3 is 2.72 bits per heavy atom. The Kier molecular flexibility index (Phi) is 3.34. The van der Waals surface area contributed by atoms with Crippen LogP contribution in [-0.2, 0) is 16.1 Å². The molecular weight excluding hydrogens is 316 g/mol. The second-order valence-electron chi connectivity index (χ2n) is 8.11. The molecule has 2 fully saturated rings. The van der Waals surface area contributed by atoms with Crippen molar-refractivity contribution in [3.05, 3.63) is 46.0 Å². The molecule has 1 aromatic heterocycles. The summed E-state index contributed by atoms with van der Waals surface area (Å²) in [6.07, 6.45) is 8.26. The lowest BCUT2D eigenvalue weighted by molar-refractivity contribution is -0.149. The van der Waals surface area contributed by atoms with Gasteiger partial charge in [0.25, 0.3) is 5.56 Å². The zero-order valence-corrected chi connectivity index (χ0v) is 14.4. The highest BCUT2D eigenvalue weighted by Gasteiger charge is 2.48. The van der Waals surface area contributed by atoms with Gasteiger partial charge < -0.3 is 14.2 Å². The lowest BCUT2D eigenvalue weighted by Crippen LogP contribution is -2.50. The highest BCUT2D eigenvalue weighted by Crippen LogP contribution is 2.45. The number of esters is 1. The van der Waals surface area contributed by atoms with E-state index in [0.717, 1.165) is 63.1 Å². The lowest BCUT2D eigenvalue weighted by Gasteiger charge is -2.47. The summed E-state index contributed by atoms with van der Waals surface area (Å²) in [5.74, 6) is 0.645. The van der Waals surface area contributed by atoms with E-state index in [1.807, 2.05) is 10.6 Å². The van der Waals surface area contributed by atoms with Crippen molar-refractivity contribution in [1.82, 2.24) is 9.47 Å². The van der Waals surface area contributed by atoms with E-state index in [9.17, 15) is 9.59 Å². The summed E-state index contributed by atoms with van der Waals surface area (Å²) in [5, 5.41) is 0. The Labute approximate surface area is 147 Å². The number of hydrogen-bond donors (Lipinski definition) is 0. The van der Waals surface area contributed by atoms with Gasteiger partial charge in [-0.1, -0.05) is 12.5 Å². The first-order valence-electron chi connectivity index (χ1n) is 9.54. The zero-order chi connectivity index (χ0) is 17.0. The molecule has 25 heavy (non-hydrogen) atoms. The first-order valence-corrected chi connectivity index (χ1v) is 9.54. The number of nitrogens with zero attached hydrogens (tertiary/aromatic N) is 2. The van der Waals surface area contributed by atoms with Crippen LogP contribution in [0, 0.1) is 5.92 Å². The molecule has 1 aliphatic carbocycles. The molecule has 2 atom stereocenters. The second kappa shape index (κ2) is 5.48. The van der Waals surface area contributed by atoms with Gasteiger partial charge in [0.1, 0.15) is 0 Å². The molecule has 5 heteroatoms. The minimum Gasteiger partial charge on any atom is -0.449 e. The van der Waals surface area contributed by atoms with Crippen LogP contribution in [0.25, 0.3) is 0 Å². The summed E-state index contributed by atoms with van der Waals surface area (Å²) in [4.78, 5) is 26.7. The van der Waals surface area contributed by atoms with Crippen LogP contribution in [-0.4, -0.2) is 34.1 Å². The van der Waals surface area contributed by atoms with E-state index in [0.29, 0.717) is 11.8 Å². The van der Waals surface area contributed by atoms with E-state index in [2.05, 4.69) is 11.0 Å². The number of ether oxygens (including phenoxy) is 1. The summed E-state index contributed by atoms with van der Waals surface area (Å²) < 4.78 is 7.79. The Morgan fingerprint density at radius 2 is 1.88 bits per heavy atom. The van der Waals surface area contributed by atoms with Crippen molar-refractivity contribution in [2.75, 3.05) is 13.1 Å². The van der Waals surface area contributed by atoms with E-state index in [1.165, 1.54) is 6.42 Å². The summed E-state index contributed by atoms with van der Waals surface area (Å²) in [6.45, 7) is 2.59. The summed E-state index contributed by atoms with van der Waals surface area (Å²) >= 11 is 0. The molecule has 1 saturated heterocycles. The van der Waals surface area contributed by atoms with E-state index in [1.54, 1.807) is 12.1 Å². The van der Waals surface area contributed by atoms with E-state index >= 15 is 0 Å². The fourth-order valence-corrected chi connectivity index (χ4v) is 5.47. The zero-order valence-electron chi connectivity index (χ0n) is 14.4. The maximum absolute atomic E-state index is 12.2. The molecule has 3 aliphatic heterocycles. The number of fused-ring (bicyclic) bond motifs is 4. The number of rotatable bonds is 1. The first kappa shape index (κ1) is 15.2. The van der Waals surface area contributed by atoms with E-state index in [-0.39, 0.29) is 17.1 Å². The molecule has 0 radical (unpaired) electrons.